The van der Waals surface area contributed by atoms with Crippen molar-refractivity contribution < 1.29 is 9.53 Å². The van der Waals surface area contributed by atoms with Crippen molar-refractivity contribution in [2.45, 2.75) is 25.4 Å². The molecule has 1 fully saturated rings. The van der Waals surface area contributed by atoms with Gasteiger partial charge in [0.1, 0.15) is 0 Å². The van der Waals surface area contributed by atoms with Crippen LogP contribution in [0, 0.1) is 0 Å². The second-order valence-corrected chi connectivity index (χ2v) is 4.27. The normalized spacial score (nSPS) is 21.2. The monoisotopic (exact) mass is 218 g/mol. The second-order valence-electron chi connectivity index (χ2n) is 4.27. The highest BCUT2D eigenvalue weighted by Gasteiger charge is 2.33. The largest absolute Gasteiger partial charge is 0.381 e. The van der Waals surface area contributed by atoms with E-state index in [1.807, 2.05) is 17.0 Å². The molecule has 1 saturated heterocycles. The lowest BCUT2D eigenvalue weighted by Crippen LogP contribution is -2.39. The first-order valence-corrected chi connectivity index (χ1v) is 5.69. The lowest BCUT2D eigenvalue weighted by atomic mass is 10.1. The fraction of sp³-hybridized carbons (Fsp3) is 0.500. The lowest BCUT2D eigenvalue weighted by molar-refractivity contribution is 0.0302. The molecule has 84 valence electrons. The number of ether oxygens (including phenoxy) is 1. The smallest absolute Gasteiger partial charge is 0.256 e. The average Bonchev–Trinajstić information content (AvgIpc) is 2.69. The molecule has 0 bridgehead atoms. The summed E-state index contributed by atoms with van der Waals surface area (Å²) in [5, 5.41) is 0. The topological polar surface area (TPSA) is 42.4 Å². The van der Waals surface area contributed by atoms with Crippen LogP contribution in [0.15, 0.2) is 18.3 Å². The van der Waals surface area contributed by atoms with E-state index in [2.05, 4.69) is 4.98 Å². The summed E-state index contributed by atoms with van der Waals surface area (Å²) in [5.41, 5.74) is 1.69. The molecule has 2 aliphatic rings. The first-order valence-electron chi connectivity index (χ1n) is 5.69. The first-order chi connectivity index (χ1) is 7.86. The maximum absolute atomic E-state index is 12.1. The molecular weight excluding hydrogens is 204 g/mol. The van der Waals surface area contributed by atoms with Crippen molar-refractivity contribution in [3.63, 3.8) is 0 Å². The van der Waals surface area contributed by atoms with Gasteiger partial charge in [-0.05, 0) is 25.0 Å². The summed E-state index contributed by atoms with van der Waals surface area (Å²) in [6.45, 7) is 2.19. The Labute approximate surface area is 94.2 Å². The minimum atomic E-state index is 0.134. The zero-order valence-corrected chi connectivity index (χ0v) is 9.06. The van der Waals surface area contributed by atoms with E-state index in [0.29, 0.717) is 12.6 Å². The molecule has 0 radical (unpaired) electrons. The van der Waals surface area contributed by atoms with Crippen molar-refractivity contribution in [1.29, 1.82) is 0 Å². The quantitative estimate of drug-likeness (QED) is 0.711. The minimum Gasteiger partial charge on any atom is -0.381 e. The predicted molar refractivity (Wildman–Crippen MR) is 58.0 cm³/mol. The Hall–Kier alpha value is -1.42. The molecule has 4 heteroatoms. The number of hydrogen-bond donors (Lipinski definition) is 0. The van der Waals surface area contributed by atoms with Gasteiger partial charge in [-0.15, -0.1) is 0 Å². The average molecular weight is 218 g/mol. The summed E-state index contributed by atoms with van der Waals surface area (Å²) in [5.74, 6) is 0.134. The molecule has 0 N–H and O–H groups in total. The van der Waals surface area contributed by atoms with Gasteiger partial charge in [0.15, 0.2) is 0 Å². The van der Waals surface area contributed by atoms with E-state index in [4.69, 9.17) is 4.74 Å². The van der Waals surface area contributed by atoms with Gasteiger partial charge in [-0.3, -0.25) is 9.78 Å². The number of aromatic nitrogens is 1. The van der Waals surface area contributed by atoms with Gasteiger partial charge in [0.05, 0.1) is 17.8 Å². The van der Waals surface area contributed by atoms with E-state index < -0.39 is 0 Å². The summed E-state index contributed by atoms with van der Waals surface area (Å²) in [4.78, 5) is 18.3. The first kappa shape index (κ1) is 9.78. The zero-order valence-electron chi connectivity index (χ0n) is 9.06. The summed E-state index contributed by atoms with van der Waals surface area (Å²) in [7, 11) is 0. The van der Waals surface area contributed by atoms with E-state index in [1.165, 1.54) is 0 Å². The third kappa shape index (κ3) is 1.50. The molecule has 0 aromatic carbocycles. The van der Waals surface area contributed by atoms with Gasteiger partial charge in [-0.1, -0.05) is 0 Å². The van der Waals surface area contributed by atoms with Crippen LogP contribution in [0.3, 0.4) is 0 Å². The van der Waals surface area contributed by atoms with Crippen LogP contribution >= 0.6 is 0 Å². The van der Waals surface area contributed by atoms with Crippen LogP contribution in [0.25, 0.3) is 0 Å². The van der Waals surface area contributed by atoms with Crippen LogP contribution in [0.5, 0.6) is 0 Å². The zero-order chi connectivity index (χ0) is 11.0. The molecule has 0 aliphatic carbocycles. The Balaban J connectivity index is 1.83. The Morgan fingerprint density at radius 2 is 2.19 bits per heavy atom. The van der Waals surface area contributed by atoms with Crippen LogP contribution in [0.1, 0.15) is 28.9 Å². The van der Waals surface area contributed by atoms with E-state index in [9.17, 15) is 4.79 Å². The number of carbonyl (C=O) groups is 1. The predicted octanol–water partition coefficient (Wildman–Crippen LogP) is 1.22. The van der Waals surface area contributed by atoms with Crippen LogP contribution < -0.4 is 0 Å². The fourth-order valence-corrected chi connectivity index (χ4v) is 2.44. The van der Waals surface area contributed by atoms with Crippen molar-refractivity contribution in [2.24, 2.45) is 0 Å². The molecule has 2 aliphatic heterocycles. The molecule has 16 heavy (non-hydrogen) atoms. The molecule has 3 rings (SSSR count). The van der Waals surface area contributed by atoms with Gasteiger partial charge in [0.25, 0.3) is 5.91 Å². The molecule has 0 atom stereocenters. The van der Waals surface area contributed by atoms with Crippen molar-refractivity contribution in [3.8, 4) is 0 Å². The van der Waals surface area contributed by atoms with Crippen molar-refractivity contribution >= 4 is 5.91 Å². The standard InChI is InChI=1S/C12H14N2O2/c15-12-10-2-1-5-13-11(10)8-14(12)9-3-6-16-7-4-9/h1-2,5,9H,3-4,6-8H2. The van der Waals surface area contributed by atoms with Crippen molar-refractivity contribution in [2.75, 3.05) is 13.2 Å². The van der Waals surface area contributed by atoms with Crippen LogP contribution in [0.4, 0.5) is 0 Å². The molecular formula is C12H14N2O2. The third-order valence-corrected chi connectivity index (χ3v) is 3.33. The van der Waals surface area contributed by atoms with E-state index in [0.717, 1.165) is 37.3 Å². The number of pyridine rings is 1. The van der Waals surface area contributed by atoms with Gasteiger partial charge >= 0.3 is 0 Å². The summed E-state index contributed by atoms with van der Waals surface area (Å²) >= 11 is 0. The second kappa shape index (κ2) is 3.87. The van der Waals surface area contributed by atoms with Crippen molar-refractivity contribution in [1.82, 2.24) is 9.88 Å². The van der Waals surface area contributed by atoms with Gasteiger partial charge < -0.3 is 9.64 Å². The highest BCUT2D eigenvalue weighted by molar-refractivity contribution is 5.97. The molecule has 0 saturated carbocycles. The maximum Gasteiger partial charge on any atom is 0.256 e. The van der Waals surface area contributed by atoms with Gasteiger partial charge in [-0.25, -0.2) is 0 Å². The van der Waals surface area contributed by atoms with E-state index >= 15 is 0 Å². The Morgan fingerprint density at radius 1 is 1.38 bits per heavy atom. The number of nitrogens with zero attached hydrogens (tertiary/aromatic N) is 2. The van der Waals surface area contributed by atoms with Gasteiger partial charge in [0.2, 0.25) is 0 Å². The maximum atomic E-state index is 12.1. The number of amides is 1. The fourth-order valence-electron chi connectivity index (χ4n) is 2.44. The Bertz CT molecular complexity index is 413. The number of fused-ring (bicyclic) bond motifs is 1. The highest BCUT2D eigenvalue weighted by Crippen LogP contribution is 2.26. The SMILES string of the molecule is O=C1c2cccnc2CN1C1CCOCC1. The van der Waals surface area contributed by atoms with Crippen LogP contribution in [0.2, 0.25) is 0 Å². The highest BCUT2D eigenvalue weighted by atomic mass is 16.5. The van der Waals surface area contributed by atoms with E-state index in [-0.39, 0.29) is 5.91 Å². The molecule has 0 unspecified atom stereocenters. The Morgan fingerprint density at radius 3 is 2.94 bits per heavy atom. The summed E-state index contributed by atoms with van der Waals surface area (Å²) in [6.07, 6.45) is 3.64. The molecule has 4 nitrogen and oxygen atoms in total. The van der Waals surface area contributed by atoms with Crippen LogP contribution in [-0.2, 0) is 11.3 Å². The lowest BCUT2D eigenvalue weighted by Gasteiger charge is -2.30. The molecule has 3 heterocycles. The summed E-state index contributed by atoms with van der Waals surface area (Å²) < 4.78 is 5.32. The molecule has 0 spiro atoms. The van der Waals surface area contributed by atoms with Crippen LogP contribution in [-0.4, -0.2) is 35.0 Å². The van der Waals surface area contributed by atoms with Gasteiger partial charge in [0, 0.05) is 25.5 Å². The molecule has 1 amide bonds. The number of hydrogen-bond acceptors (Lipinski definition) is 3. The number of carbonyl (C=O) groups excluding carboxylic acids is 1. The third-order valence-electron chi connectivity index (χ3n) is 3.33. The molecule has 1 aromatic rings. The summed E-state index contributed by atoms with van der Waals surface area (Å²) in [6, 6.07) is 4.02. The minimum absolute atomic E-state index is 0.134. The Kier molecular flexibility index (Phi) is 2.36. The molecule has 1 aromatic heterocycles. The number of rotatable bonds is 1. The van der Waals surface area contributed by atoms with E-state index in [1.54, 1.807) is 6.20 Å². The van der Waals surface area contributed by atoms with Crippen molar-refractivity contribution in [3.05, 3.63) is 29.6 Å². The van der Waals surface area contributed by atoms with Gasteiger partial charge in [-0.2, -0.15) is 0 Å².